The second-order valence-electron chi connectivity index (χ2n) is 4.70. The number of hydrogen-bond donors (Lipinski definition) is 1. The molecule has 0 aliphatic carbocycles. The molecule has 0 saturated heterocycles. The van der Waals surface area contributed by atoms with Gasteiger partial charge < -0.3 is 4.98 Å². The minimum atomic E-state index is 0.760. The standard InChI is InChI=1S/C14H17ClN2/c15-7-3-8-17-9-6-12-11-4-1-2-5-13(11)16-14(12)10-17/h1-2,4-5,16H,3,6-10H2. The number of hydrogen-bond acceptors (Lipinski definition) is 1. The number of alkyl halides is 1. The normalized spacial score (nSPS) is 16.3. The smallest absolute Gasteiger partial charge is 0.0459 e. The highest BCUT2D eigenvalue weighted by Gasteiger charge is 2.19. The van der Waals surface area contributed by atoms with Gasteiger partial charge in [-0.25, -0.2) is 0 Å². The number of aromatic nitrogens is 1. The van der Waals surface area contributed by atoms with Gasteiger partial charge in [0.2, 0.25) is 0 Å². The molecule has 0 fully saturated rings. The summed E-state index contributed by atoms with van der Waals surface area (Å²) in [5, 5.41) is 1.40. The predicted octanol–water partition coefficient (Wildman–Crippen LogP) is 3.15. The number of nitrogens with zero attached hydrogens (tertiary/aromatic N) is 1. The average molecular weight is 249 g/mol. The van der Waals surface area contributed by atoms with E-state index in [9.17, 15) is 0 Å². The minimum absolute atomic E-state index is 0.760. The Balaban J connectivity index is 1.87. The molecular weight excluding hydrogens is 232 g/mol. The van der Waals surface area contributed by atoms with Crippen LogP contribution < -0.4 is 0 Å². The van der Waals surface area contributed by atoms with Gasteiger partial charge in [-0.15, -0.1) is 11.6 Å². The molecule has 2 aromatic rings. The number of H-pyrrole nitrogens is 1. The van der Waals surface area contributed by atoms with Crippen LogP contribution in [0.5, 0.6) is 0 Å². The van der Waals surface area contributed by atoms with E-state index in [0.717, 1.165) is 38.4 Å². The Hall–Kier alpha value is -0.990. The zero-order valence-electron chi connectivity index (χ0n) is 9.88. The van der Waals surface area contributed by atoms with Gasteiger partial charge in [0.05, 0.1) is 0 Å². The molecule has 3 rings (SSSR count). The third kappa shape index (κ3) is 2.07. The second-order valence-corrected chi connectivity index (χ2v) is 5.07. The van der Waals surface area contributed by atoms with Gasteiger partial charge in [-0.1, -0.05) is 18.2 Å². The number of rotatable bonds is 3. The summed E-state index contributed by atoms with van der Waals surface area (Å²) < 4.78 is 0. The monoisotopic (exact) mass is 248 g/mol. The first-order valence-electron chi connectivity index (χ1n) is 6.25. The summed E-state index contributed by atoms with van der Waals surface area (Å²) in [5.74, 6) is 0.760. The van der Waals surface area contributed by atoms with Crippen molar-refractivity contribution in [1.29, 1.82) is 0 Å². The lowest BCUT2D eigenvalue weighted by atomic mass is 10.0. The molecular formula is C14H17ClN2. The van der Waals surface area contributed by atoms with Crippen LogP contribution in [0.1, 0.15) is 17.7 Å². The molecule has 0 unspecified atom stereocenters. The quantitative estimate of drug-likeness (QED) is 0.827. The van der Waals surface area contributed by atoms with Crippen molar-refractivity contribution >= 4 is 22.5 Å². The first-order valence-corrected chi connectivity index (χ1v) is 6.78. The summed E-state index contributed by atoms with van der Waals surface area (Å²) in [6, 6.07) is 8.60. The molecule has 1 aromatic heterocycles. The van der Waals surface area contributed by atoms with Crippen molar-refractivity contribution in [1.82, 2.24) is 9.88 Å². The molecule has 0 atom stereocenters. The minimum Gasteiger partial charge on any atom is -0.357 e. The fourth-order valence-corrected chi connectivity index (χ4v) is 2.84. The van der Waals surface area contributed by atoms with Gasteiger partial charge in [-0.2, -0.15) is 0 Å². The molecule has 1 aliphatic heterocycles. The van der Waals surface area contributed by atoms with E-state index < -0.39 is 0 Å². The van der Waals surface area contributed by atoms with Crippen molar-refractivity contribution < 1.29 is 0 Å². The van der Waals surface area contributed by atoms with Crippen molar-refractivity contribution in [3.63, 3.8) is 0 Å². The Kier molecular flexibility index (Phi) is 3.08. The van der Waals surface area contributed by atoms with Crippen LogP contribution in [-0.2, 0) is 13.0 Å². The fourth-order valence-electron chi connectivity index (χ4n) is 2.72. The van der Waals surface area contributed by atoms with Crippen LogP contribution in [0.15, 0.2) is 24.3 Å². The van der Waals surface area contributed by atoms with Gasteiger partial charge in [0.15, 0.2) is 0 Å². The molecule has 0 amide bonds. The van der Waals surface area contributed by atoms with Gasteiger partial charge in [0.1, 0.15) is 0 Å². The summed E-state index contributed by atoms with van der Waals surface area (Å²) in [5.41, 5.74) is 4.19. The molecule has 1 aliphatic rings. The van der Waals surface area contributed by atoms with Crippen molar-refractivity contribution in [2.45, 2.75) is 19.4 Å². The lowest BCUT2D eigenvalue weighted by Gasteiger charge is -2.26. The molecule has 2 nitrogen and oxygen atoms in total. The highest BCUT2D eigenvalue weighted by atomic mass is 35.5. The molecule has 3 heteroatoms. The van der Waals surface area contributed by atoms with Crippen molar-refractivity contribution in [2.75, 3.05) is 19.0 Å². The van der Waals surface area contributed by atoms with Gasteiger partial charge in [-0.05, 0) is 31.0 Å². The number of aromatic amines is 1. The van der Waals surface area contributed by atoms with Crippen LogP contribution in [0.2, 0.25) is 0 Å². The number of nitrogens with one attached hydrogen (secondary N) is 1. The van der Waals surface area contributed by atoms with Gasteiger partial charge in [0, 0.05) is 35.6 Å². The largest absolute Gasteiger partial charge is 0.357 e. The van der Waals surface area contributed by atoms with Crippen LogP contribution in [0.4, 0.5) is 0 Å². The first-order chi connectivity index (χ1) is 8.38. The van der Waals surface area contributed by atoms with Gasteiger partial charge in [-0.3, -0.25) is 4.90 Å². The lowest BCUT2D eigenvalue weighted by molar-refractivity contribution is 0.253. The predicted molar refractivity (Wildman–Crippen MR) is 72.6 cm³/mol. The number of halogens is 1. The number of benzene rings is 1. The zero-order chi connectivity index (χ0) is 11.7. The van der Waals surface area contributed by atoms with E-state index in [4.69, 9.17) is 11.6 Å². The maximum atomic E-state index is 5.75. The molecule has 0 saturated carbocycles. The third-order valence-corrected chi connectivity index (χ3v) is 3.84. The Labute approximate surface area is 107 Å². The lowest BCUT2D eigenvalue weighted by Crippen LogP contribution is -2.31. The summed E-state index contributed by atoms with van der Waals surface area (Å²) in [6.07, 6.45) is 2.23. The summed E-state index contributed by atoms with van der Waals surface area (Å²) in [6.45, 7) is 3.31. The average Bonchev–Trinajstić information content (AvgIpc) is 2.74. The number of para-hydroxylation sites is 1. The Bertz CT molecular complexity index is 518. The summed E-state index contributed by atoms with van der Waals surface area (Å²) in [4.78, 5) is 6.03. The zero-order valence-corrected chi connectivity index (χ0v) is 10.6. The molecule has 17 heavy (non-hydrogen) atoms. The Morgan fingerprint density at radius 3 is 3.06 bits per heavy atom. The van der Waals surface area contributed by atoms with E-state index in [2.05, 4.69) is 34.1 Å². The Morgan fingerprint density at radius 2 is 2.18 bits per heavy atom. The molecule has 0 bridgehead atoms. The Morgan fingerprint density at radius 1 is 1.29 bits per heavy atom. The van der Waals surface area contributed by atoms with Crippen LogP contribution in [0.3, 0.4) is 0 Å². The number of fused-ring (bicyclic) bond motifs is 3. The van der Waals surface area contributed by atoms with E-state index in [1.165, 1.54) is 22.2 Å². The molecule has 1 aromatic carbocycles. The molecule has 0 radical (unpaired) electrons. The molecule has 1 N–H and O–H groups in total. The highest BCUT2D eigenvalue weighted by molar-refractivity contribution is 6.17. The van der Waals surface area contributed by atoms with Crippen LogP contribution in [0.25, 0.3) is 10.9 Å². The van der Waals surface area contributed by atoms with Gasteiger partial charge >= 0.3 is 0 Å². The highest BCUT2D eigenvalue weighted by Crippen LogP contribution is 2.27. The maximum Gasteiger partial charge on any atom is 0.0459 e. The summed E-state index contributed by atoms with van der Waals surface area (Å²) in [7, 11) is 0. The van der Waals surface area contributed by atoms with E-state index in [1.54, 1.807) is 0 Å². The van der Waals surface area contributed by atoms with E-state index in [-0.39, 0.29) is 0 Å². The van der Waals surface area contributed by atoms with Crippen LogP contribution in [0, 0.1) is 0 Å². The molecule has 90 valence electrons. The van der Waals surface area contributed by atoms with E-state index in [1.807, 2.05) is 0 Å². The molecule has 2 heterocycles. The third-order valence-electron chi connectivity index (χ3n) is 3.57. The molecule has 0 spiro atoms. The van der Waals surface area contributed by atoms with Crippen LogP contribution >= 0.6 is 11.6 Å². The van der Waals surface area contributed by atoms with Crippen molar-refractivity contribution in [2.24, 2.45) is 0 Å². The maximum absolute atomic E-state index is 5.75. The van der Waals surface area contributed by atoms with E-state index >= 15 is 0 Å². The SMILES string of the molecule is ClCCCN1CCc2c([nH]c3ccccc23)C1. The topological polar surface area (TPSA) is 19.0 Å². The van der Waals surface area contributed by atoms with Crippen molar-refractivity contribution in [3.8, 4) is 0 Å². The van der Waals surface area contributed by atoms with E-state index in [0.29, 0.717) is 0 Å². The van der Waals surface area contributed by atoms with Gasteiger partial charge in [0.25, 0.3) is 0 Å². The van der Waals surface area contributed by atoms with Crippen molar-refractivity contribution in [3.05, 3.63) is 35.5 Å². The second kappa shape index (κ2) is 4.71. The first kappa shape index (κ1) is 11.1. The summed E-state index contributed by atoms with van der Waals surface area (Å²) >= 11 is 5.75. The van der Waals surface area contributed by atoms with Crippen LogP contribution in [-0.4, -0.2) is 28.9 Å². The fraction of sp³-hybridized carbons (Fsp3) is 0.429.